The van der Waals surface area contributed by atoms with Gasteiger partial charge in [-0.25, -0.2) is 0 Å². The zero-order valence-electron chi connectivity index (χ0n) is 15.9. The van der Waals surface area contributed by atoms with Crippen LogP contribution < -0.4 is 0 Å². The third kappa shape index (κ3) is 4.55. The molecule has 5 nitrogen and oxygen atoms in total. The van der Waals surface area contributed by atoms with Gasteiger partial charge in [0.2, 0.25) is 5.91 Å². The second-order valence-electron chi connectivity index (χ2n) is 6.59. The Bertz CT molecular complexity index is 907. The van der Waals surface area contributed by atoms with Gasteiger partial charge >= 0.3 is 0 Å². The fraction of sp³-hybridized carbons (Fsp3) is 0.318. The minimum absolute atomic E-state index is 0.0247. The number of rotatable bonds is 4. The molecule has 0 N–H and O–H groups in total. The van der Waals surface area contributed by atoms with Crippen molar-refractivity contribution in [3.63, 3.8) is 0 Å². The van der Waals surface area contributed by atoms with E-state index >= 15 is 0 Å². The summed E-state index contributed by atoms with van der Waals surface area (Å²) in [4.78, 5) is 30.5. The fourth-order valence-corrected chi connectivity index (χ4v) is 4.28. The van der Waals surface area contributed by atoms with Crippen molar-refractivity contribution < 1.29 is 9.59 Å². The molecule has 0 atom stereocenters. The zero-order chi connectivity index (χ0) is 19.9. The first kappa shape index (κ1) is 20.0. The molecule has 0 saturated carbocycles. The van der Waals surface area contributed by atoms with Crippen LogP contribution in [0.1, 0.15) is 35.7 Å². The predicted molar refractivity (Wildman–Crippen MR) is 109 cm³/mol. The first-order valence-electron chi connectivity index (χ1n) is 9.47. The van der Waals surface area contributed by atoms with Crippen LogP contribution in [0.4, 0.5) is 0 Å². The highest BCUT2D eigenvalue weighted by Gasteiger charge is 2.24. The molecule has 0 bridgehead atoms. The van der Waals surface area contributed by atoms with Crippen molar-refractivity contribution in [3.8, 4) is 6.07 Å². The Morgan fingerprint density at radius 2 is 1.61 bits per heavy atom. The van der Waals surface area contributed by atoms with Crippen LogP contribution in [0.3, 0.4) is 0 Å². The monoisotopic (exact) mass is 393 g/mol. The lowest BCUT2D eigenvalue weighted by Gasteiger charge is -2.23. The largest absolute Gasteiger partial charge is 0.341 e. The van der Waals surface area contributed by atoms with Gasteiger partial charge in [0.25, 0.3) is 5.91 Å². The molecule has 144 valence electrons. The van der Waals surface area contributed by atoms with Crippen LogP contribution in [0.2, 0.25) is 0 Å². The molecule has 2 aromatic rings. The van der Waals surface area contributed by atoms with Crippen molar-refractivity contribution in [3.05, 3.63) is 59.7 Å². The number of nitrogens with zero attached hydrogens (tertiary/aromatic N) is 3. The minimum Gasteiger partial charge on any atom is -0.341 e. The lowest BCUT2D eigenvalue weighted by atomic mass is 10.2. The van der Waals surface area contributed by atoms with Crippen molar-refractivity contribution in [2.24, 2.45) is 0 Å². The molecule has 0 radical (unpaired) electrons. The highest BCUT2D eigenvalue weighted by molar-refractivity contribution is 7.99. The number of benzene rings is 2. The minimum atomic E-state index is -0.0247. The summed E-state index contributed by atoms with van der Waals surface area (Å²) in [5.74, 6) is 0.113. The van der Waals surface area contributed by atoms with Gasteiger partial charge in [0.15, 0.2) is 0 Å². The van der Waals surface area contributed by atoms with Gasteiger partial charge in [-0.05, 0) is 30.7 Å². The lowest BCUT2D eigenvalue weighted by molar-refractivity contribution is -0.130. The highest BCUT2D eigenvalue weighted by atomic mass is 32.2. The SMILES string of the molecule is CCC(=O)N1CCCN(C(=O)c2ccccc2Sc2ccccc2C#N)CC1. The smallest absolute Gasteiger partial charge is 0.255 e. The summed E-state index contributed by atoms with van der Waals surface area (Å²) < 4.78 is 0. The number of amides is 2. The second-order valence-corrected chi connectivity index (χ2v) is 7.67. The standard InChI is InChI=1S/C22H23N3O2S/c1-2-21(26)24-12-7-13-25(15-14-24)22(27)18-9-4-6-11-20(18)28-19-10-5-3-8-17(19)16-23/h3-6,8-11H,2,7,12-15H2,1H3. The van der Waals surface area contributed by atoms with Crippen LogP contribution in [0, 0.1) is 11.3 Å². The summed E-state index contributed by atoms with van der Waals surface area (Å²) in [6.45, 7) is 4.31. The highest BCUT2D eigenvalue weighted by Crippen LogP contribution is 2.33. The average Bonchev–Trinajstić information content (AvgIpc) is 3.00. The van der Waals surface area contributed by atoms with Gasteiger partial charge in [-0.2, -0.15) is 5.26 Å². The van der Waals surface area contributed by atoms with Crippen molar-refractivity contribution in [2.45, 2.75) is 29.6 Å². The first-order chi connectivity index (χ1) is 13.6. The summed E-state index contributed by atoms with van der Waals surface area (Å²) in [6.07, 6.45) is 1.27. The van der Waals surface area contributed by atoms with Gasteiger partial charge in [-0.15, -0.1) is 0 Å². The molecule has 0 aromatic heterocycles. The first-order valence-corrected chi connectivity index (χ1v) is 10.3. The van der Waals surface area contributed by atoms with Crippen molar-refractivity contribution >= 4 is 23.6 Å². The van der Waals surface area contributed by atoms with Gasteiger partial charge < -0.3 is 9.80 Å². The third-order valence-electron chi connectivity index (χ3n) is 4.78. The predicted octanol–water partition coefficient (Wildman–Crippen LogP) is 3.79. The van der Waals surface area contributed by atoms with Crippen molar-refractivity contribution in [2.75, 3.05) is 26.2 Å². The number of carbonyl (C=O) groups is 2. The van der Waals surface area contributed by atoms with E-state index in [9.17, 15) is 14.9 Å². The fourth-order valence-electron chi connectivity index (χ4n) is 3.26. The summed E-state index contributed by atoms with van der Waals surface area (Å²) in [7, 11) is 0. The van der Waals surface area contributed by atoms with E-state index in [0.717, 1.165) is 16.2 Å². The van der Waals surface area contributed by atoms with Crippen LogP contribution in [-0.4, -0.2) is 47.8 Å². The number of carbonyl (C=O) groups excluding carboxylic acids is 2. The van der Waals surface area contributed by atoms with Gasteiger partial charge in [0.1, 0.15) is 6.07 Å². The van der Waals surface area contributed by atoms with E-state index in [2.05, 4.69) is 6.07 Å². The van der Waals surface area contributed by atoms with Gasteiger partial charge in [0.05, 0.1) is 11.1 Å². The average molecular weight is 394 g/mol. The maximum atomic E-state index is 13.2. The molecule has 1 fully saturated rings. The van der Waals surface area contributed by atoms with E-state index in [1.807, 2.05) is 59.2 Å². The Morgan fingerprint density at radius 1 is 0.964 bits per heavy atom. The lowest BCUT2D eigenvalue weighted by Crippen LogP contribution is -2.37. The quantitative estimate of drug-likeness (QED) is 0.793. The number of hydrogen-bond acceptors (Lipinski definition) is 4. The molecule has 28 heavy (non-hydrogen) atoms. The van der Waals surface area contributed by atoms with E-state index in [4.69, 9.17) is 0 Å². The molecule has 2 aromatic carbocycles. The molecule has 3 rings (SSSR count). The van der Waals surface area contributed by atoms with E-state index in [-0.39, 0.29) is 11.8 Å². The zero-order valence-corrected chi connectivity index (χ0v) is 16.7. The third-order valence-corrected chi connectivity index (χ3v) is 5.93. The molecule has 1 saturated heterocycles. The summed E-state index contributed by atoms with van der Waals surface area (Å²) in [5.41, 5.74) is 1.23. The number of hydrogen-bond donors (Lipinski definition) is 0. The van der Waals surface area contributed by atoms with Crippen LogP contribution in [0.15, 0.2) is 58.3 Å². The van der Waals surface area contributed by atoms with Gasteiger partial charge in [0, 0.05) is 42.4 Å². The van der Waals surface area contributed by atoms with Crippen molar-refractivity contribution in [1.82, 2.24) is 9.80 Å². The van der Waals surface area contributed by atoms with Crippen LogP contribution in [0.5, 0.6) is 0 Å². The van der Waals surface area contributed by atoms with Crippen LogP contribution in [-0.2, 0) is 4.79 Å². The van der Waals surface area contributed by atoms with Crippen molar-refractivity contribution in [1.29, 1.82) is 5.26 Å². The number of nitriles is 1. The van der Waals surface area contributed by atoms with E-state index < -0.39 is 0 Å². The Kier molecular flexibility index (Phi) is 6.72. The summed E-state index contributed by atoms with van der Waals surface area (Å²) >= 11 is 1.44. The molecule has 0 spiro atoms. The van der Waals surface area contributed by atoms with E-state index in [0.29, 0.717) is 43.7 Å². The Labute approximate surface area is 169 Å². The molecule has 2 amide bonds. The summed E-state index contributed by atoms with van der Waals surface area (Å²) in [5, 5.41) is 9.33. The Morgan fingerprint density at radius 3 is 2.36 bits per heavy atom. The second kappa shape index (κ2) is 9.43. The van der Waals surface area contributed by atoms with Crippen LogP contribution >= 0.6 is 11.8 Å². The molecular formula is C22H23N3O2S. The molecule has 6 heteroatoms. The normalized spacial score (nSPS) is 14.3. The Balaban J connectivity index is 1.80. The molecule has 0 unspecified atom stereocenters. The topological polar surface area (TPSA) is 64.4 Å². The van der Waals surface area contributed by atoms with Gasteiger partial charge in [-0.3, -0.25) is 9.59 Å². The Hall–Kier alpha value is -2.78. The van der Waals surface area contributed by atoms with Crippen LogP contribution in [0.25, 0.3) is 0 Å². The van der Waals surface area contributed by atoms with E-state index in [1.54, 1.807) is 6.07 Å². The molecule has 1 aliphatic heterocycles. The molecule has 1 aliphatic rings. The molecular weight excluding hydrogens is 370 g/mol. The maximum Gasteiger partial charge on any atom is 0.255 e. The summed E-state index contributed by atoms with van der Waals surface area (Å²) in [6, 6.07) is 17.1. The van der Waals surface area contributed by atoms with E-state index in [1.165, 1.54) is 11.8 Å². The maximum absolute atomic E-state index is 13.2. The van der Waals surface area contributed by atoms with Gasteiger partial charge in [-0.1, -0.05) is 43.0 Å². The molecule has 1 heterocycles. The molecule has 0 aliphatic carbocycles.